The number of hydrogen-bond acceptors (Lipinski definition) is 5. The molecular weight excluding hydrogens is 290 g/mol. The summed E-state index contributed by atoms with van der Waals surface area (Å²) in [5, 5.41) is 5.00. The average molecular weight is 307 g/mol. The molecule has 1 aromatic carbocycles. The molecule has 118 valence electrons. The highest BCUT2D eigenvalue weighted by Gasteiger charge is 2.17. The number of carbonyl (C=O) groups is 4. The molecule has 0 aliphatic heterocycles. The standard InChI is InChI=1S/C14H17N3O5/c1-7(13(15)20)22-14(21)10-4-11(16-8(2)18)6-12(5-10)17-9(3)19/h4-7H,1-3H3,(H2,15,20)(H,16,18)(H,17,19). The van der Waals surface area contributed by atoms with Gasteiger partial charge in [0, 0.05) is 25.2 Å². The van der Waals surface area contributed by atoms with Crippen LogP contribution in [0, 0.1) is 0 Å². The Morgan fingerprint density at radius 1 is 1.00 bits per heavy atom. The highest BCUT2D eigenvalue weighted by molar-refractivity contribution is 5.98. The van der Waals surface area contributed by atoms with Gasteiger partial charge in [-0.05, 0) is 25.1 Å². The molecule has 0 aliphatic carbocycles. The summed E-state index contributed by atoms with van der Waals surface area (Å²) in [5.41, 5.74) is 5.69. The first-order valence-electron chi connectivity index (χ1n) is 6.39. The predicted molar refractivity (Wildman–Crippen MR) is 79.1 cm³/mol. The van der Waals surface area contributed by atoms with Crippen LogP contribution in [-0.4, -0.2) is 29.8 Å². The summed E-state index contributed by atoms with van der Waals surface area (Å²) in [6.45, 7) is 3.95. The fourth-order valence-corrected chi connectivity index (χ4v) is 1.58. The lowest BCUT2D eigenvalue weighted by Crippen LogP contribution is -2.30. The monoisotopic (exact) mass is 307 g/mol. The molecule has 22 heavy (non-hydrogen) atoms. The van der Waals surface area contributed by atoms with Crippen LogP contribution in [0.3, 0.4) is 0 Å². The summed E-state index contributed by atoms with van der Waals surface area (Å²) < 4.78 is 4.88. The zero-order chi connectivity index (χ0) is 16.9. The van der Waals surface area contributed by atoms with Crippen molar-refractivity contribution < 1.29 is 23.9 Å². The van der Waals surface area contributed by atoms with Crippen molar-refractivity contribution >= 4 is 35.1 Å². The Bertz CT molecular complexity index is 593. The molecule has 1 aromatic rings. The van der Waals surface area contributed by atoms with E-state index in [4.69, 9.17) is 10.5 Å². The topological polar surface area (TPSA) is 128 Å². The van der Waals surface area contributed by atoms with Gasteiger partial charge in [0.2, 0.25) is 11.8 Å². The van der Waals surface area contributed by atoms with Crippen LogP contribution in [0.1, 0.15) is 31.1 Å². The fourth-order valence-electron chi connectivity index (χ4n) is 1.58. The van der Waals surface area contributed by atoms with Crippen molar-refractivity contribution in [1.29, 1.82) is 0 Å². The minimum atomic E-state index is -1.10. The van der Waals surface area contributed by atoms with Crippen molar-refractivity contribution in [3.8, 4) is 0 Å². The zero-order valence-electron chi connectivity index (χ0n) is 12.4. The predicted octanol–water partition coefficient (Wildman–Crippen LogP) is 0.634. The number of hydrogen-bond donors (Lipinski definition) is 3. The van der Waals surface area contributed by atoms with Gasteiger partial charge in [-0.15, -0.1) is 0 Å². The third kappa shape index (κ3) is 5.23. The van der Waals surface area contributed by atoms with Crippen molar-refractivity contribution in [3.05, 3.63) is 23.8 Å². The van der Waals surface area contributed by atoms with Crippen molar-refractivity contribution in [2.75, 3.05) is 10.6 Å². The first-order valence-corrected chi connectivity index (χ1v) is 6.39. The average Bonchev–Trinajstić information content (AvgIpc) is 2.36. The Morgan fingerprint density at radius 3 is 1.82 bits per heavy atom. The molecule has 1 unspecified atom stereocenters. The smallest absolute Gasteiger partial charge is 0.339 e. The minimum Gasteiger partial charge on any atom is -0.449 e. The third-order valence-electron chi connectivity index (χ3n) is 2.49. The summed E-state index contributed by atoms with van der Waals surface area (Å²) >= 11 is 0. The van der Waals surface area contributed by atoms with Crippen LogP contribution in [0.2, 0.25) is 0 Å². The Labute approximate surface area is 127 Å². The van der Waals surface area contributed by atoms with Gasteiger partial charge >= 0.3 is 5.97 Å². The first kappa shape index (κ1) is 17.2. The van der Waals surface area contributed by atoms with Crippen LogP contribution in [0.4, 0.5) is 11.4 Å². The Kier molecular flexibility index (Phi) is 5.62. The number of nitrogens with one attached hydrogen (secondary N) is 2. The second-order valence-corrected chi connectivity index (χ2v) is 4.61. The van der Waals surface area contributed by atoms with E-state index in [0.717, 1.165) is 0 Å². The van der Waals surface area contributed by atoms with Gasteiger partial charge in [0.1, 0.15) is 0 Å². The Hall–Kier alpha value is -2.90. The maximum atomic E-state index is 12.0. The molecule has 0 fully saturated rings. The lowest BCUT2D eigenvalue weighted by atomic mass is 10.1. The maximum absolute atomic E-state index is 12.0. The van der Waals surface area contributed by atoms with Crippen LogP contribution in [0.25, 0.3) is 0 Å². The largest absolute Gasteiger partial charge is 0.449 e. The molecule has 0 aromatic heterocycles. The van der Waals surface area contributed by atoms with Crippen LogP contribution in [0.15, 0.2) is 18.2 Å². The second kappa shape index (κ2) is 7.21. The highest BCUT2D eigenvalue weighted by atomic mass is 16.5. The number of carbonyl (C=O) groups excluding carboxylic acids is 4. The van der Waals surface area contributed by atoms with E-state index in [9.17, 15) is 19.2 Å². The first-order chi connectivity index (χ1) is 10.2. The van der Waals surface area contributed by atoms with E-state index in [1.165, 1.54) is 39.0 Å². The van der Waals surface area contributed by atoms with Crippen molar-refractivity contribution in [3.63, 3.8) is 0 Å². The van der Waals surface area contributed by atoms with Crippen LogP contribution >= 0.6 is 0 Å². The molecule has 4 N–H and O–H groups in total. The van der Waals surface area contributed by atoms with Gasteiger partial charge in [-0.2, -0.15) is 0 Å². The molecule has 0 spiro atoms. The van der Waals surface area contributed by atoms with Gasteiger partial charge in [0.25, 0.3) is 5.91 Å². The van der Waals surface area contributed by atoms with E-state index in [0.29, 0.717) is 11.4 Å². The Morgan fingerprint density at radius 2 is 1.45 bits per heavy atom. The summed E-state index contributed by atoms with van der Waals surface area (Å²) in [5.74, 6) is -2.27. The summed E-state index contributed by atoms with van der Waals surface area (Å²) in [6, 6.07) is 4.21. The number of nitrogens with two attached hydrogens (primary N) is 1. The van der Waals surface area contributed by atoms with Crippen molar-refractivity contribution in [1.82, 2.24) is 0 Å². The third-order valence-corrected chi connectivity index (χ3v) is 2.49. The second-order valence-electron chi connectivity index (χ2n) is 4.61. The highest BCUT2D eigenvalue weighted by Crippen LogP contribution is 2.20. The van der Waals surface area contributed by atoms with E-state index in [1.54, 1.807) is 0 Å². The molecule has 8 heteroatoms. The molecular formula is C14H17N3O5. The van der Waals surface area contributed by atoms with Gasteiger partial charge in [0.05, 0.1) is 5.56 Å². The van der Waals surface area contributed by atoms with Gasteiger partial charge in [-0.3, -0.25) is 14.4 Å². The van der Waals surface area contributed by atoms with Crippen LogP contribution < -0.4 is 16.4 Å². The molecule has 0 radical (unpaired) electrons. The number of amides is 3. The van der Waals surface area contributed by atoms with Crippen molar-refractivity contribution in [2.45, 2.75) is 26.9 Å². The number of rotatable bonds is 5. The fraction of sp³-hybridized carbons (Fsp3) is 0.286. The number of ether oxygens (including phenoxy) is 1. The van der Waals surface area contributed by atoms with E-state index < -0.39 is 18.0 Å². The molecule has 1 atom stereocenters. The Balaban J connectivity index is 3.10. The number of anilines is 2. The molecule has 0 saturated heterocycles. The summed E-state index contributed by atoms with van der Waals surface area (Å²) in [6.07, 6.45) is -1.10. The lowest BCUT2D eigenvalue weighted by Gasteiger charge is -2.12. The molecule has 3 amide bonds. The van der Waals surface area contributed by atoms with Gasteiger partial charge in [0.15, 0.2) is 6.10 Å². The van der Waals surface area contributed by atoms with Crippen molar-refractivity contribution in [2.24, 2.45) is 5.73 Å². The lowest BCUT2D eigenvalue weighted by molar-refractivity contribution is -0.125. The van der Waals surface area contributed by atoms with Crippen LogP contribution in [0.5, 0.6) is 0 Å². The van der Waals surface area contributed by atoms with Gasteiger partial charge < -0.3 is 21.1 Å². The SMILES string of the molecule is CC(=O)Nc1cc(NC(C)=O)cc(C(=O)OC(C)C(N)=O)c1. The molecule has 8 nitrogen and oxygen atoms in total. The van der Waals surface area contributed by atoms with E-state index >= 15 is 0 Å². The van der Waals surface area contributed by atoms with Gasteiger partial charge in [-0.1, -0.05) is 0 Å². The molecule has 0 bridgehead atoms. The van der Waals surface area contributed by atoms with E-state index in [1.807, 2.05) is 0 Å². The molecule has 0 heterocycles. The van der Waals surface area contributed by atoms with Crippen LogP contribution in [-0.2, 0) is 19.1 Å². The maximum Gasteiger partial charge on any atom is 0.339 e. The minimum absolute atomic E-state index is 0.0584. The molecule has 1 rings (SSSR count). The summed E-state index contributed by atoms with van der Waals surface area (Å²) in [7, 11) is 0. The number of esters is 1. The molecule has 0 aliphatic rings. The number of primary amides is 1. The van der Waals surface area contributed by atoms with Gasteiger partial charge in [-0.25, -0.2) is 4.79 Å². The zero-order valence-corrected chi connectivity index (χ0v) is 12.4. The van der Waals surface area contributed by atoms with E-state index in [2.05, 4.69) is 10.6 Å². The normalized spacial score (nSPS) is 11.2. The molecule has 0 saturated carbocycles. The quantitative estimate of drug-likeness (QED) is 0.687. The van der Waals surface area contributed by atoms with E-state index in [-0.39, 0.29) is 17.4 Å². The summed E-state index contributed by atoms with van der Waals surface area (Å²) in [4.78, 5) is 45.1. The number of benzene rings is 1.